The number of rotatable bonds is 11. The fourth-order valence-corrected chi connectivity index (χ4v) is 4.54. The highest BCUT2D eigenvalue weighted by atomic mass is 35.5. The van der Waals surface area contributed by atoms with Gasteiger partial charge in [0.15, 0.2) is 11.0 Å². The summed E-state index contributed by atoms with van der Waals surface area (Å²) in [5.41, 5.74) is 1.38. The minimum atomic E-state index is -0.421. The Morgan fingerprint density at radius 1 is 1.24 bits per heavy atom. The molecule has 2 aromatic carbocycles. The molecule has 3 rings (SSSR count). The Bertz CT molecular complexity index is 1160. The van der Waals surface area contributed by atoms with E-state index >= 15 is 0 Å². The molecule has 3 aromatic rings. The largest absolute Gasteiger partial charge is 0.342 e. The highest BCUT2D eigenvalue weighted by Crippen LogP contribution is 2.28. The number of allylic oxidation sites excluding steroid dienone is 1. The lowest BCUT2D eigenvalue weighted by molar-refractivity contribution is -0.384. The molecule has 0 saturated heterocycles. The summed E-state index contributed by atoms with van der Waals surface area (Å²) in [5, 5.41) is 23.8. The third-order valence-corrected chi connectivity index (χ3v) is 6.38. The zero-order valence-electron chi connectivity index (χ0n) is 19.0. The lowest BCUT2D eigenvalue weighted by atomic mass is 10.0. The second-order valence-corrected chi connectivity index (χ2v) is 9.44. The van der Waals surface area contributed by atoms with Gasteiger partial charge in [-0.15, -0.1) is 16.8 Å². The first-order chi connectivity index (χ1) is 16.3. The molecule has 0 spiro atoms. The molecule has 0 aliphatic heterocycles. The third kappa shape index (κ3) is 6.45. The Morgan fingerprint density at radius 2 is 1.94 bits per heavy atom. The van der Waals surface area contributed by atoms with Gasteiger partial charge in [0.25, 0.3) is 11.6 Å². The summed E-state index contributed by atoms with van der Waals surface area (Å²) in [6.07, 6.45) is 2.42. The number of aromatic nitrogens is 3. The summed E-state index contributed by atoms with van der Waals surface area (Å²) >= 11 is 7.69. The molecule has 1 aromatic heterocycles. The van der Waals surface area contributed by atoms with Crippen LogP contribution >= 0.6 is 23.4 Å². The van der Waals surface area contributed by atoms with Gasteiger partial charge in [0.2, 0.25) is 0 Å². The Hall–Kier alpha value is -3.17. The van der Waals surface area contributed by atoms with E-state index in [1.54, 1.807) is 42.5 Å². The standard InChI is InChI=1S/C24H26ClN5O3S/c1-4-13-29-22(21(14-16(2)3)26-23(31)19-7-5-6-8-20(19)25)27-28-24(29)34-15-17-9-11-18(12-10-17)30(32)33/h4-12,16,21H,1,13-15H2,2-3H3,(H,26,31)/t21-/m1/s1. The maximum atomic E-state index is 13.0. The number of carbonyl (C=O) groups excluding carboxylic acids is 1. The second-order valence-electron chi connectivity index (χ2n) is 8.09. The van der Waals surface area contributed by atoms with E-state index in [2.05, 4.69) is 35.9 Å². The van der Waals surface area contributed by atoms with Gasteiger partial charge >= 0.3 is 0 Å². The summed E-state index contributed by atoms with van der Waals surface area (Å²) in [4.78, 5) is 23.4. The van der Waals surface area contributed by atoms with Gasteiger partial charge in [0, 0.05) is 24.4 Å². The lowest BCUT2D eigenvalue weighted by Crippen LogP contribution is -2.31. The molecule has 0 fully saturated rings. The lowest BCUT2D eigenvalue weighted by Gasteiger charge is -2.21. The van der Waals surface area contributed by atoms with Crippen molar-refractivity contribution >= 4 is 35.0 Å². The van der Waals surface area contributed by atoms with Crippen molar-refractivity contribution < 1.29 is 9.72 Å². The molecule has 34 heavy (non-hydrogen) atoms. The Kier molecular flexibility index (Phi) is 8.84. The van der Waals surface area contributed by atoms with Gasteiger partial charge in [-0.25, -0.2) is 0 Å². The average Bonchev–Trinajstić information content (AvgIpc) is 3.20. The molecule has 0 bridgehead atoms. The van der Waals surface area contributed by atoms with Gasteiger partial charge < -0.3 is 9.88 Å². The number of carbonyl (C=O) groups is 1. The number of thioether (sulfide) groups is 1. The van der Waals surface area contributed by atoms with Crippen molar-refractivity contribution in [2.45, 2.75) is 43.8 Å². The number of nitro groups is 1. The minimum Gasteiger partial charge on any atom is -0.342 e. The third-order valence-electron chi connectivity index (χ3n) is 5.01. The van der Waals surface area contributed by atoms with Crippen LogP contribution in [-0.4, -0.2) is 25.6 Å². The van der Waals surface area contributed by atoms with Gasteiger partial charge in [0.05, 0.1) is 21.6 Å². The van der Waals surface area contributed by atoms with Crippen molar-refractivity contribution in [3.05, 3.63) is 93.3 Å². The summed E-state index contributed by atoms with van der Waals surface area (Å²) in [6.45, 7) is 8.48. The van der Waals surface area contributed by atoms with Crippen molar-refractivity contribution in [3.8, 4) is 0 Å². The molecule has 1 amide bonds. The van der Waals surface area contributed by atoms with E-state index in [4.69, 9.17) is 11.6 Å². The molecule has 0 aliphatic rings. The smallest absolute Gasteiger partial charge is 0.269 e. The number of amides is 1. The van der Waals surface area contributed by atoms with Crippen LogP contribution < -0.4 is 5.32 Å². The number of non-ortho nitro benzene ring substituents is 1. The number of benzene rings is 2. The number of hydrogen-bond acceptors (Lipinski definition) is 6. The predicted octanol–water partition coefficient (Wildman–Crippen LogP) is 5.84. The van der Waals surface area contributed by atoms with E-state index in [1.165, 1.54) is 23.9 Å². The second kappa shape index (κ2) is 11.8. The van der Waals surface area contributed by atoms with Gasteiger partial charge in [-0.05, 0) is 30.0 Å². The van der Waals surface area contributed by atoms with Gasteiger partial charge in [0.1, 0.15) is 0 Å². The number of halogens is 1. The maximum Gasteiger partial charge on any atom is 0.269 e. The summed E-state index contributed by atoms with van der Waals surface area (Å²) in [7, 11) is 0. The molecule has 0 aliphatic carbocycles. The van der Waals surface area contributed by atoms with Crippen molar-refractivity contribution in [1.82, 2.24) is 20.1 Å². The molecular weight excluding hydrogens is 474 g/mol. The fraction of sp³-hybridized carbons (Fsp3) is 0.292. The van der Waals surface area contributed by atoms with Crippen LogP contribution in [0.3, 0.4) is 0 Å². The van der Waals surface area contributed by atoms with Crippen molar-refractivity contribution in [1.29, 1.82) is 0 Å². The van der Waals surface area contributed by atoms with Crippen LogP contribution in [0.2, 0.25) is 5.02 Å². The Balaban J connectivity index is 1.83. The molecule has 1 N–H and O–H groups in total. The molecular formula is C24H26ClN5O3S. The number of hydrogen-bond donors (Lipinski definition) is 1. The topological polar surface area (TPSA) is 103 Å². The van der Waals surface area contributed by atoms with Gasteiger partial charge in [-0.1, -0.05) is 67.6 Å². The highest BCUT2D eigenvalue weighted by molar-refractivity contribution is 7.98. The van der Waals surface area contributed by atoms with E-state index in [0.29, 0.717) is 46.2 Å². The summed E-state index contributed by atoms with van der Waals surface area (Å²) < 4.78 is 1.93. The van der Waals surface area contributed by atoms with Crippen molar-refractivity contribution in [3.63, 3.8) is 0 Å². The molecule has 0 saturated carbocycles. The van der Waals surface area contributed by atoms with Crippen molar-refractivity contribution in [2.24, 2.45) is 5.92 Å². The number of nitro benzene ring substituents is 1. The first-order valence-corrected chi connectivity index (χ1v) is 12.1. The Labute approximate surface area is 207 Å². The SMILES string of the molecule is C=CCn1c(SCc2ccc([N+](=O)[O-])cc2)nnc1[C@@H](CC(C)C)NC(=O)c1ccccc1Cl. The predicted molar refractivity (Wildman–Crippen MR) is 134 cm³/mol. The Morgan fingerprint density at radius 3 is 2.56 bits per heavy atom. The van der Waals surface area contributed by atoms with Gasteiger partial charge in [-0.3, -0.25) is 14.9 Å². The van der Waals surface area contributed by atoms with Crippen LogP contribution in [0, 0.1) is 16.0 Å². The minimum absolute atomic E-state index is 0.0525. The van der Waals surface area contributed by atoms with Crippen LogP contribution in [-0.2, 0) is 12.3 Å². The van der Waals surface area contributed by atoms with Crippen LogP contribution in [0.4, 0.5) is 5.69 Å². The zero-order chi connectivity index (χ0) is 24.7. The van der Waals surface area contributed by atoms with Crippen LogP contribution in [0.15, 0.2) is 66.3 Å². The molecule has 1 atom stereocenters. The first-order valence-electron chi connectivity index (χ1n) is 10.8. The number of nitrogens with zero attached hydrogens (tertiary/aromatic N) is 4. The van der Waals surface area contributed by atoms with E-state index in [0.717, 1.165) is 5.56 Å². The highest BCUT2D eigenvalue weighted by Gasteiger charge is 2.25. The van der Waals surface area contributed by atoms with Crippen molar-refractivity contribution in [2.75, 3.05) is 0 Å². The average molecular weight is 500 g/mol. The summed E-state index contributed by atoms with van der Waals surface area (Å²) in [5.74, 6) is 1.22. The first kappa shape index (κ1) is 25.5. The van der Waals surface area contributed by atoms with E-state index in [9.17, 15) is 14.9 Å². The molecule has 8 nitrogen and oxygen atoms in total. The molecule has 1 heterocycles. The van der Waals surface area contributed by atoms with E-state index in [-0.39, 0.29) is 17.6 Å². The zero-order valence-corrected chi connectivity index (χ0v) is 20.6. The number of nitrogens with one attached hydrogen (secondary N) is 1. The monoisotopic (exact) mass is 499 g/mol. The quantitative estimate of drug-likeness (QED) is 0.154. The van der Waals surface area contributed by atoms with Crippen LogP contribution in [0.25, 0.3) is 0 Å². The fourth-order valence-electron chi connectivity index (χ4n) is 3.41. The van der Waals surface area contributed by atoms with Gasteiger partial charge in [-0.2, -0.15) is 0 Å². The van der Waals surface area contributed by atoms with E-state index < -0.39 is 4.92 Å². The summed E-state index contributed by atoms with van der Waals surface area (Å²) in [6, 6.07) is 13.0. The maximum absolute atomic E-state index is 13.0. The molecule has 0 unspecified atom stereocenters. The van der Waals surface area contributed by atoms with Crippen LogP contribution in [0.1, 0.15) is 48.1 Å². The molecule has 10 heteroatoms. The normalized spacial score (nSPS) is 11.9. The molecule has 0 radical (unpaired) electrons. The van der Waals surface area contributed by atoms with E-state index in [1.807, 2.05) is 4.57 Å². The molecule has 178 valence electrons. The van der Waals surface area contributed by atoms with Crippen LogP contribution in [0.5, 0.6) is 0 Å².